The Labute approximate surface area is 113 Å². The van der Waals surface area contributed by atoms with E-state index in [4.69, 9.17) is 5.73 Å². The highest BCUT2D eigenvalue weighted by Crippen LogP contribution is 2.44. The molecule has 2 unspecified atom stereocenters. The summed E-state index contributed by atoms with van der Waals surface area (Å²) >= 11 is 3.48. The third kappa shape index (κ3) is 3.11. The van der Waals surface area contributed by atoms with Crippen molar-refractivity contribution in [3.63, 3.8) is 0 Å². The molecule has 0 aliphatic heterocycles. The van der Waals surface area contributed by atoms with Crippen molar-refractivity contribution in [1.82, 2.24) is 0 Å². The van der Waals surface area contributed by atoms with E-state index in [0.29, 0.717) is 5.41 Å². The lowest BCUT2D eigenvalue weighted by atomic mass is 9.79. The molecule has 1 fully saturated rings. The highest BCUT2D eigenvalue weighted by Gasteiger charge is 2.37. The summed E-state index contributed by atoms with van der Waals surface area (Å²) in [5.74, 6) is 0.897. The van der Waals surface area contributed by atoms with Crippen LogP contribution in [0.2, 0.25) is 0 Å². The van der Waals surface area contributed by atoms with Crippen molar-refractivity contribution >= 4 is 15.9 Å². The van der Waals surface area contributed by atoms with Crippen LogP contribution in [-0.4, -0.2) is 6.54 Å². The van der Waals surface area contributed by atoms with Crippen molar-refractivity contribution in [2.75, 3.05) is 6.54 Å². The van der Waals surface area contributed by atoms with Gasteiger partial charge in [-0.05, 0) is 61.3 Å². The molecule has 2 rings (SSSR count). The third-order valence-electron chi connectivity index (χ3n) is 4.31. The van der Waals surface area contributed by atoms with Gasteiger partial charge in [0, 0.05) is 4.47 Å². The fourth-order valence-corrected chi connectivity index (χ4v) is 3.39. The number of benzene rings is 1. The molecule has 1 aromatic carbocycles. The van der Waals surface area contributed by atoms with Gasteiger partial charge in [0.2, 0.25) is 0 Å². The predicted octanol–water partition coefficient (Wildman–Crippen LogP) is 4.15. The molecule has 0 spiro atoms. The normalized spacial score (nSPS) is 28.5. The fourth-order valence-electron chi connectivity index (χ4n) is 3.13. The molecule has 1 aliphatic carbocycles. The number of hydrogen-bond acceptors (Lipinski definition) is 1. The average Bonchev–Trinajstić information content (AvgIpc) is 2.76. The summed E-state index contributed by atoms with van der Waals surface area (Å²) in [6, 6.07) is 8.71. The van der Waals surface area contributed by atoms with Gasteiger partial charge in [0.15, 0.2) is 0 Å². The van der Waals surface area contributed by atoms with Gasteiger partial charge in [-0.15, -0.1) is 0 Å². The summed E-state index contributed by atoms with van der Waals surface area (Å²) in [6.45, 7) is 3.14. The van der Waals surface area contributed by atoms with Crippen LogP contribution in [0.4, 0.5) is 0 Å². The second-order valence-corrected chi connectivity index (χ2v) is 6.44. The second-order valence-electron chi connectivity index (χ2n) is 5.52. The smallest absolute Gasteiger partial charge is 0.0175 e. The summed E-state index contributed by atoms with van der Waals surface area (Å²) < 4.78 is 1.15. The van der Waals surface area contributed by atoms with E-state index in [1.54, 1.807) is 0 Å². The number of hydrogen-bond donors (Lipinski definition) is 1. The first-order valence-corrected chi connectivity index (χ1v) is 7.41. The van der Waals surface area contributed by atoms with Gasteiger partial charge in [-0.25, -0.2) is 0 Å². The molecule has 94 valence electrons. The minimum atomic E-state index is 0.370. The van der Waals surface area contributed by atoms with Crippen molar-refractivity contribution in [3.05, 3.63) is 34.3 Å². The molecule has 0 aromatic heterocycles. The zero-order chi connectivity index (χ0) is 12.3. The lowest BCUT2D eigenvalue weighted by molar-refractivity contribution is 0.290. The summed E-state index contributed by atoms with van der Waals surface area (Å²) in [5, 5.41) is 0. The maximum Gasteiger partial charge on any atom is 0.0175 e. The van der Waals surface area contributed by atoms with Crippen LogP contribution in [0.1, 0.15) is 38.2 Å². The van der Waals surface area contributed by atoms with Gasteiger partial charge in [0.05, 0.1) is 0 Å². The van der Waals surface area contributed by atoms with Crippen molar-refractivity contribution in [2.24, 2.45) is 17.1 Å². The second kappa shape index (κ2) is 5.53. The van der Waals surface area contributed by atoms with E-state index < -0.39 is 0 Å². The maximum absolute atomic E-state index is 6.05. The summed E-state index contributed by atoms with van der Waals surface area (Å²) in [6.07, 6.45) is 6.44. The predicted molar refractivity (Wildman–Crippen MR) is 77.0 cm³/mol. The Kier molecular flexibility index (Phi) is 4.26. The summed E-state index contributed by atoms with van der Waals surface area (Å²) in [7, 11) is 0. The van der Waals surface area contributed by atoms with Crippen molar-refractivity contribution in [2.45, 2.75) is 39.0 Å². The van der Waals surface area contributed by atoms with Crippen LogP contribution in [0.25, 0.3) is 0 Å². The highest BCUT2D eigenvalue weighted by molar-refractivity contribution is 9.10. The Balaban J connectivity index is 2.07. The molecule has 0 heterocycles. The Bertz CT molecular complexity index is 360. The molecule has 0 bridgehead atoms. The van der Waals surface area contributed by atoms with Crippen molar-refractivity contribution < 1.29 is 0 Å². The molecule has 1 saturated carbocycles. The molecular weight excluding hydrogens is 274 g/mol. The first kappa shape index (κ1) is 13.1. The topological polar surface area (TPSA) is 26.0 Å². The molecule has 17 heavy (non-hydrogen) atoms. The first-order chi connectivity index (χ1) is 8.17. The monoisotopic (exact) mass is 295 g/mol. The van der Waals surface area contributed by atoms with E-state index in [2.05, 4.69) is 47.1 Å². The van der Waals surface area contributed by atoms with Crippen LogP contribution < -0.4 is 5.73 Å². The van der Waals surface area contributed by atoms with E-state index in [0.717, 1.165) is 23.4 Å². The molecule has 1 aliphatic rings. The van der Waals surface area contributed by atoms with Crippen LogP contribution >= 0.6 is 15.9 Å². The van der Waals surface area contributed by atoms with Gasteiger partial charge >= 0.3 is 0 Å². The van der Waals surface area contributed by atoms with E-state index in [9.17, 15) is 0 Å². The van der Waals surface area contributed by atoms with E-state index in [1.807, 2.05) is 0 Å². The lowest BCUT2D eigenvalue weighted by Gasteiger charge is -2.28. The van der Waals surface area contributed by atoms with E-state index in [1.165, 1.54) is 31.2 Å². The van der Waals surface area contributed by atoms with E-state index in [-0.39, 0.29) is 0 Å². The van der Waals surface area contributed by atoms with E-state index >= 15 is 0 Å². The molecule has 1 nitrogen and oxygen atoms in total. The Hall–Kier alpha value is -0.340. The molecule has 0 saturated heterocycles. The lowest BCUT2D eigenvalue weighted by Crippen LogP contribution is -2.30. The van der Waals surface area contributed by atoms with Gasteiger partial charge in [-0.1, -0.05) is 41.4 Å². The Morgan fingerprint density at radius 3 is 2.59 bits per heavy atom. The molecule has 2 heteroatoms. The van der Waals surface area contributed by atoms with Crippen LogP contribution in [0.3, 0.4) is 0 Å². The maximum atomic E-state index is 6.05. The third-order valence-corrected chi connectivity index (χ3v) is 4.84. The summed E-state index contributed by atoms with van der Waals surface area (Å²) in [5.41, 5.74) is 7.85. The van der Waals surface area contributed by atoms with Gasteiger partial charge in [-0.2, -0.15) is 0 Å². The number of halogens is 1. The van der Waals surface area contributed by atoms with Crippen molar-refractivity contribution in [3.8, 4) is 0 Å². The first-order valence-electron chi connectivity index (χ1n) is 6.62. The fraction of sp³-hybridized carbons (Fsp3) is 0.600. The van der Waals surface area contributed by atoms with Crippen molar-refractivity contribution in [1.29, 1.82) is 0 Å². The Morgan fingerprint density at radius 1 is 1.35 bits per heavy atom. The molecule has 2 N–H and O–H groups in total. The minimum Gasteiger partial charge on any atom is -0.330 e. The quantitative estimate of drug-likeness (QED) is 0.887. The molecule has 0 amide bonds. The standard InChI is InChI=1S/C15H22BrN/c1-2-12-7-8-15(9-12,11-17)10-13-3-5-14(16)6-4-13/h3-6,12H,2,7-11,17H2,1H3. The average molecular weight is 296 g/mol. The van der Waals surface area contributed by atoms with Gasteiger partial charge in [0.25, 0.3) is 0 Å². The van der Waals surface area contributed by atoms with Gasteiger partial charge in [0.1, 0.15) is 0 Å². The van der Waals surface area contributed by atoms with Gasteiger partial charge in [-0.3, -0.25) is 0 Å². The molecule has 1 aromatic rings. The summed E-state index contributed by atoms with van der Waals surface area (Å²) in [4.78, 5) is 0. The zero-order valence-corrected chi connectivity index (χ0v) is 12.2. The van der Waals surface area contributed by atoms with Crippen LogP contribution in [0.5, 0.6) is 0 Å². The zero-order valence-electron chi connectivity index (χ0n) is 10.6. The Morgan fingerprint density at radius 2 is 2.06 bits per heavy atom. The highest BCUT2D eigenvalue weighted by atomic mass is 79.9. The van der Waals surface area contributed by atoms with Crippen LogP contribution in [0, 0.1) is 11.3 Å². The molecule has 0 radical (unpaired) electrons. The largest absolute Gasteiger partial charge is 0.330 e. The molecule has 2 atom stereocenters. The van der Waals surface area contributed by atoms with Crippen LogP contribution in [0.15, 0.2) is 28.7 Å². The minimum absolute atomic E-state index is 0.370. The molecular formula is C15H22BrN. The number of nitrogens with two attached hydrogens (primary N) is 1. The number of rotatable bonds is 4. The van der Waals surface area contributed by atoms with Crippen LogP contribution in [-0.2, 0) is 6.42 Å². The van der Waals surface area contributed by atoms with Gasteiger partial charge < -0.3 is 5.73 Å². The SMILES string of the molecule is CCC1CCC(CN)(Cc2ccc(Br)cc2)C1.